The van der Waals surface area contributed by atoms with Crippen molar-refractivity contribution in [2.75, 3.05) is 0 Å². The minimum atomic E-state index is -0.714. The molecule has 1 aliphatic carbocycles. The molecule has 1 fully saturated rings. The van der Waals surface area contributed by atoms with E-state index in [-0.39, 0.29) is 6.42 Å². The third-order valence-electron chi connectivity index (χ3n) is 3.08. The number of aliphatic carboxylic acids is 1. The van der Waals surface area contributed by atoms with Crippen molar-refractivity contribution < 1.29 is 9.90 Å². The predicted octanol–water partition coefficient (Wildman–Crippen LogP) is 1.48. The first-order chi connectivity index (χ1) is 7.27. The van der Waals surface area contributed by atoms with Gasteiger partial charge in [-0.2, -0.15) is 15.0 Å². The second-order valence-corrected chi connectivity index (χ2v) is 4.04. The van der Waals surface area contributed by atoms with E-state index in [1.807, 2.05) is 0 Å². The molecule has 0 radical (unpaired) electrons. The van der Waals surface area contributed by atoms with Gasteiger partial charge in [0.05, 0.1) is 18.4 Å². The molecule has 0 bridgehead atoms. The van der Waals surface area contributed by atoms with Crippen LogP contribution in [0.3, 0.4) is 0 Å². The van der Waals surface area contributed by atoms with Crippen LogP contribution in [-0.4, -0.2) is 26.1 Å². The van der Waals surface area contributed by atoms with Gasteiger partial charge in [-0.1, -0.05) is 6.42 Å². The lowest BCUT2D eigenvalue weighted by Crippen LogP contribution is -2.17. The van der Waals surface area contributed by atoms with E-state index in [1.54, 1.807) is 17.2 Å². The number of hydrogen-bond acceptors (Lipinski definition) is 3. The lowest BCUT2D eigenvalue weighted by atomic mass is 9.98. The van der Waals surface area contributed by atoms with E-state index in [9.17, 15) is 4.79 Å². The van der Waals surface area contributed by atoms with E-state index in [0.29, 0.717) is 12.0 Å². The van der Waals surface area contributed by atoms with Crippen LogP contribution in [0.4, 0.5) is 0 Å². The van der Waals surface area contributed by atoms with Gasteiger partial charge in [0.15, 0.2) is 0 Å². The Morgan fingerprint density at radius 1 is 1.40 bits per heavy atom. The van der Waals surface area contributed by atoms with E-state index in [2.05, 4.69) is 10.2 Å². The summed E-state index contributed by atoms with van der Waals surface area (Å²) >= 11 is 0. The van der Waals surface area contributed by atoms with Gasteiger partial charge in [-0.25, -0.2) is 0 Å². The van der Waals surface area contributed by atoms with Crippen molar-refractivity contribution in [3.63, 3.8) is 0 Å². The van der Waals surface area contributed by atoms with Crippen molar-refractivity contribution in [3.05, 3.63) is 12.4 Å². The number of nitrogens with zero attached hydrogens (tertiary/aromatic N) is 3. The molecule has 2 atom stereocenters. The average Bonchev–Trinajstić information content (AvgIpc) is 2.85. The summed E-state index contributed by atoms with van der Waals surface area (Å²) in [6, 6.07) is 0.305. The fraction of sp³-hybridized carbons (Fsp3) is 0.700. The number of carboxylic acids is 1. The van der Waals surface area contributed by atoms with Gasteiger partial charge in [0, 0.05) is 6.42 Å². The maximum absolute atomic E-state index is 10.5. The molecule has 0 aliphatic heterocycles. The molecule has 5 nitrogen and oxygen atoms in total. The van der Waals surface area contributed by atoms with E-state index >= 15 is 0 Å². The number of carboxylic acid groups (broad SMARTS) is 1. The second kappa shape index (κ2) is 4.42. The van der Waals surface area contributed by atoms with Crippen LogP contribution in [0.5, 0.6) is 0 Å². The van der Waals surface area contributed by atoms with Crippen LogP contribution in [0, 0.1) is 5.92 Å². The number of carbonyl (C=O) groups is 1. The van der Waals surface area contributed by atoms with Crippen LogP contribution in [-0.2, 0) is 4.79 Å². The average molecular weight is 209 g/mol. The molecule has 1 heterocycles. The molecule has 2 unspecified atom stereocenters. The Labute approximate surface area is 88.1 Å². The molecule has 0 saturated heterocycles. The lowest BCUT2D eigenvalue weighted by Gasteiger charge is -2.17. The molecule has 82 valence electrons. The van der Waals surface area contributed by atoms with E-state index in [4.69, 9.17) is 5.11 Å². The fourth-order valence-electron chi connectivity index (χ4n) is 2.36. The second-order valence-electron chi connectivity index (χ2n) is 4.04. The molecule has 1 aromatic heterocycles. The summed E-state index contributed by atoms with van der Waals surface area (Å²) in [4.78, 5) is 12.2. The maximum Gasteiger partial charge on any atom is 0.303 e. The molecular weight excluding hydrogens is 194 g/mol. The zero-order valence-corrected chi connectivity index (χ0v) is 8.54. The van der Waals surface area contributed by atoms with Gasteiger partial charge in [-0.3, -0.25) is 4.79 Å². The minimum absolute atomic E-state index is 0.252. The van der Waals surface area contributed by atoms with Crippen molar-refractivity contribution in [1.82, 2.24) is 15.0 Å². The Kier molecular flexibility index (Phi) is 2.99. The van der Waals surface area contributed by atoms with Gasteiger partial charge in [-0.15, -0.1) is 0 Å². The highest BCUT2D eigenvalue weighted by atomic mass is 16.4. The molecule has 1 saturated carbocycles. The standard InChI is InChI=1S/C10H15N3O2/c14-10(15)5-4-8-2-1-3-9(8)13-11-6-7-12-13/h6-9H,1-5H2,(H,14,15). The van der Waals surface area contributed by atoms with Crippen LogP contribution in [0.1, 0.15) is 38.1 Å². The zero-order chi connectivity index (χ0) is 10.7. The molecule has 2 rings (SSSR count). The first-order valence-corrected chi connectivity index (χ1v) is 5.35. The number of hydrogen-bond donors (Lipinski definition) is 1. The summed E-state index contributed by atoms with van der Waals surface area (Å²) in [5.41, 5.74) is 0. The first-order valence-electron chi connectivity index (χ1n) is 5.35. The van der Waals surface area contributed by atoms with Gasteiger partial charge >= 0.3 is 5.97 Å². The lowest BCUT2D eigenvalue weighted by molar-refractivity contribution is -0.137. The predicted molar refractivity (Wildman–Crippen MR) is 53.3 cm³/mol. The zero-order valence-electron chi connectivity index (χ0n) is 8.54. The van der Waals surface area contributed by atoms with Gasteiger partial charge in [0.1, 0.15) is 0 Å². The normalized spacial score (nSPS) is 25.6. The van der Waals surface area contributed by atoms with Crippen LogP contribution >= 0.6 is 0 Å². The Hall–Kier alpha value is -1.39. The van der Waals surface area contributed by atoms with Crippen LogP contribution in [0.2, 0.25) is 0 Å². The van der Waals surface area contributed by atoms with Crippen LogP contribution < -0.4 is 0 Å². The summed E-state index contributed by atoms with van der Waals surface area (Å²) in [6.45, 7) is 0. The van der Waals surface area contributed by atoms with Gasteiger partial charge < -0.3 is 5.11 Å². The third-order valence-corrected chi connectivity index (χ3v) is 3.08. The van der Waals surface area contributed by atoms with Crippen molar-refractivity contribution in [3.8, 4) is 0 Å². The Balaban J connectivity index is 1.96. The monoisotopic (exact) mass is 209 g/mol. The molecule has 0 aromatic carbocycles. The van der Waals surface area contributed by atoms with Crippen molar-refractivity contribution in [1.29, 1.82) is 0 Å². The quantitative estimate of drug-likeness (QED) is 0.815. The largest absolute Gasteiger partial charge is 0.481 e. The SMILES string of the molecule is O=C(O)CCC1CCCC1n1nccn1. The van der Waals surface area contributed by atoms with Crippen molar-refractivity contribution >= 4 is 5.97 Å². The van der Waals surface area contributed by atoms with Gasteiger partial charge in [0.25, 0.3) is 0 Å². The summed E-state index contributed by atoms with van der Waals surface area (Å²) in [7, 11) is 0. The van der Waals surface area contributed by atoms with E-state index < -0.39 is 5.97 Å². The maximum atomic E-state index is 10.5. The summed E-state index contributed by atoms with van der Waals surface area (Å²) < 4.78 is 0. The highest BCUT2D eigenvalue weighted by Gasteiger charge is 2.29. The number of aromatic nitrogens is 3. The molecule has 0 amide bonds. The Bertz CT molecular complexity index is 323. The van der Waals surface area contributed by atoms with E-state index in [1.165, 1.54) is 0 Å². The van der Waals surface area contributed by atoms with Crippen molar-refractivity contribution in [2.45, 2.75) is 38.1 Å². The van der Waals surface area contributed by atoms with Gasteiger partial charge in [-0.05, 0) is 25.2 Å². The first kappa shape index (κ1) is 10.1. The molecule has 0 spiro atoms. The van der Waals surface area contributed by atoms with E-state index in [0.717, 1.165) is 25.7 Å². The summed E-state index contributed by atoms with van der Waals surface area (Å²) in [6.07, 6.45) is 7.65. The topological polar surface area (TPSA) is 68.0 Å². The fourth-order valence-corrected chi connectivity index (χ4v) is 2.36. The highest BCUT2D eigenvalue weighted by Crippen LogP contribution is 2.37. The smallest absolute Gasteiger partial charge is 0.303 e. The highest BCUT2D eigenvalue weighted by molar-refractivity contribution is 5.66. The molecule has 15 heavy (non-hydrogen) atoms. The molecule has 1 aromatic rings. The Morgan fingerprint density at radius 3 is 2.80 bits per heavy atom. The van der Waals surface area contributed by atoms with Crippen LogP contribution in [0.25, 0.3) is 0 Å². The molecule has 5 heteroatoms. The third kappa shape index (κ3) is 2.34. The Morgan fingerprint density at radius 2 is 2.13 bits per heavy atom. The molecule has 1 aliphatic rings. The molecular formula is C10H15N3O2. The number of rotatable bonds is 4. The van der Waals surface area contributed by atoms with Crippen LogP contribution in [0.15, 0.2) is 12.4 Å². The van der Waals surface area contributed by atoms with Crippen molar-refractivity contribution in [2.24, 2.45) is 5.92 Å². The molecule has 1 N–H and O–H groups in total. The summed E-state index contributed by atoms with van der Waals surface area (Å²) in [5.74, 6) is -0.289. The minimum Gasteiger partial charge on any atom is -0.481 e. The summed E-state index contributed by atoms with van der Waals surface area (Å²) in [5, 5.41) is 16.9. The van der Waals surface area contributed by atoms with Gasteiger partial charge in [0.2, 0.25) is 0 Å².